The Morgan fingerprint density at radius 1 is 1.40 bits per heavy atom. The van der Waals surface area contributed by atoms with Crippen LogP contribution in [0.1, 0.15) is 10.6 Å². The first-order valence-electron chi connectivity index (χ1n) is 5.78. The van der Waals surface area contributed by atoms with E-state index < -0.39 is 0 Å². The number of nitrogens with zero attached hydrogens (tertiary/aromatic N) is 1. The van der Waals surface area contributed by atoms with Crippen molar-refractivity contribution in [1.82, 2.24) is 10.5 Å². The van der Waals surface area contributed by atoms with Gasteiger partial charge in [-0.1, -0.05) is 39.0 Å². The van der Waals surface area contributed by atoms with E-state index in [0.717, 1.165) is 10.2 Å². The number of benzene rings is 1. The molecule has 0 fully saturated rings. The van der Waals surface area contributed by atoms with Crippen LogP contribution in [-0.2, 0) is 0 Å². The number of carbonyl (C=O) groups is 1. The Morgan fingerprint density at radius 2 is 2.30 bits per heavy atom. The normalized spacial score (nSPS) is 9.45. The van der Waals surface area contributed by atoms with Crippen molar-refractivity contribution in [2.24, 2.45) is 0 Å². The number of hydrogen-bond acceptors (Lipinski definition) is 4. The zero-order valence-electron chi connectivity index (χ0n) is 10.4. The minimum atomic E-state index is -0.343. The molecule has 2 aromatic rings. The zero-order valence-corrected chi connectivity index (χ0v) is 12.0. The van der Waals surface area contributed by atoms with Gasteiger partial charge in [-0.05, 0) is 18.2 Å². The summed E-state index contributed by atoms with van der Waals surface area (Å²) in [6, 6.07) is 8.98. The molecule has 0 aliphatic carbocycles. The summed E-state index contributed by atoms with van der Waals surface area (Å²) in [7, 11) is 0. The summed E-state index contributed by atoms with van der Waals surface area (Å²) in [6.45, 7) is 0.482. The van der Waals surface area contributed by atoms with E-state index in [-0.39, 0.29) is 24.8 Å². The third kappa shape index (κ3) is 4.44. The number of ether oxygens (including phenoxy) is 1. The van der Waals surface area contributed by atoms with E-state index in [1.807, 2.05) is 24.3 Å². The molecule has 1 aromatic heterocycles. The number of rotatable bonds is 4. The van der Waals surface area contributed by atoms with Crippen LogP contribution in [0.25, 0.3) is 0 Å². The summed E-state index contributed by atoms with van der Waals surface area (Å²) in [5.41, 5.74) is 0. The largest absolute Gasteiger partial charge is 0.481 e. The number of halogens is 1. The van der Waals surface area contributed by atoms with Crippen molar-refractivity contribution in [2.75, 3.05) is 13.2 Å². The topological polar surface area (TPSA) is 64.4 Å². The summed E-state index contributed by atoms with van der Waals surface area (Å²) in [6.07, 6.45) is 1.41. The molecule has 0 saturated carbocycles. The molecule has 0 bridgehead atoms. The minimum absolute atomic E-state index is 0.164. The molecular formula is C14H11BrN2O3. The number of nitrogens with one attached hydrogen (secondary N) is 1. The summed E-state index contributed by atoms with van der Waals surface area (Å²) < 4.78 is 11.1. The van der Waals surface area contributed by atoms with E-state index in [0.29, 0.717) is 0 Å². The predicted molar refractivity (Wildman–Crippen MR) is 76.2 cm³/mol. The standard InChI is InChI=1S/C14H11BrN2O3/c15-11-4-3-5-12(10-11)19-9-2-1-7-16-14(18)13-6-8-17-20-13/h3-6,8,10H,7,9H2,(H,16,18). The van der Waals surface area contributed by atoms with Crippen molar-refractivity contribution in [3.8, 4) is 17.6 Å². The molecule has 0 atom stereocenters. The van der Waals surface area contributed by atoms with Crippen LogP contribution in [0.15, 0.2) is 45.5 Å². The lowest BCUT2D eigenvalue weighted by molar-refractivity contribution is 0.0922. The van der Waals surface area contributed by atoms with E-state index in [2.05, 4.69) is 38.2 Å². The molecule has 6 heteroatoms. The van der Waals surface area contributed by atoms with Crippen molar-refractivity contribution in [3.05, 3.63) is 46.8 Å². The Morgan fingerprint density at radius 3 is 3.05 bits per heavy atom. The Hall–Kier alpha value is -2.26. The highest BCUT2D eigenvalue weighted by Gasteiger charge is 2.06. The molecule has 0 aliphatic heterocycles. The van der Waals surface area contributed by atoms with Crippen LogP contribution in [0.3, 0.4) is 0 Å². The number of aromatic nitrogens is 1. The second-order valence-corrected chi connectivity index (χ2v) is 4.57. The average Bonchev–Trinajstić information content (AvgIpc) is 2.96. The smallest absolute Gasteiger partial charge is 0.290 e. The van der Waals surface area contributed by atoms with Gasteiger partial charge in [0.05, 0.1) is 12.7 Å². The molecule has 1 heterocycles. The number of amides is 1. The molecule has 1 N–H and O–H groups in total. The SMILES string of the molecule is O=C(NCC#CCOc1cccc(Br)c1)c1ccno1. The van der Waals surface area contributed by atoms with Gasteiger partial charge >= 0.3 is 0 Å². The van der Waals surface area contributed by atoms with Crippen LogP contribution in [0.5, 0.6) is 5.75 Å². The predicted octanol–water partition coefficient (Wildman–Crippen LogP) is 2.25. The van der Waals surface area contributed by atoms with E-state index in [1.54, 1.807) is 0 Å². The molecule has 0 saturated heterocycles. The second kappa shape index (κ2) is 7.36. The van der Waals surface area contributed by atoms with Crippen LogP contribution in [0.2, 0.25) is 0 Å². The molecule has 0 spiro atoms. The van der Waals surface area contributed by atoms with Crippen LogP contribution in [0.4, 0.5) is 0 Å². The van der Waals surface area contributed by atoms with Crippen molar-refractivity contribution in [2.45, 2.75) is 0 Å². The first-order chi connectivity index (χ1) is 9.75. The Labute approximate surface area is 124 Å². The third-order valence-corrected chi connectivity index (χ3v) is 2.72. The molecule has 0 aliphatic rings. The van der Waals surface area contributed by atoms with Crippen molar-refractivity contribution in [1.29, 1.82) is 0 Å². The van der Waals surface area contributed by atoms with Gasteiger partial charge < -0.3 is 14.6 Å². The number of carbonyl (C=O) groups excluding carboxylic acids is 1. The highest BCUT2D eigenvalue weighted by molar-refractivity contribution is 9.10. The van der Waals surface area contributed by atoms with Gasteiger partial charge in [0.15, 0.2) is 0 Å². The van der Waals surface area contributed by atoms with Crippen molar-refractivity contribution in [3.63, 3.8) is 0 Å². The maximum Gasteiger partial charge on any atom is 0.290 e. The second-order valence-electron chi connectivity index (χ2n) is 3.66. The van der Waals surface area contributed by atoms with Crippen molar-refractivity contribution < 1.29 is 14.1 Å². The van der Waals surface area contributed by atoms with Crippen LogP contribution >= 0.6 is 15.9 Å². The maximum absolute atomic E-state index is 11.4. The van der Waals surface area contributed by atoms with Gasteiger partial charge in [-0.25, -0.2) is 0 Å². The molecular weight excluding hydrogens is 324 g/mol. The lowest BCUT2D eigenvalue weighted by atomic mass is 10.3. The van der Waals surface area contributed by atoms with E-state index in [1.165, 1.54) is 12.3 Å². The molecule has 2 rings (SSSR count). The lowest BCUT2D eigenvalue weighted by Gasteiger charge is -2.01. The molecule has 0 radical (unpaired) electrons. The molecule has 5 nitrogen and oxygen atoms in total. The molecule has 102 valence electrons. The highest BCUT2D eigenvalue weighted by atomic mass is 79.9. The van der Waals surface area contributed by atoms with Gasteiger partial charge in [0, 0.05) is 10.5 Å². The molecule has 0 unspecified atom stereocenters. The van der Waals surface area contributed by atoms with Gasteiger partial charge in [-0.2, -0.15) is 0 Å². The van der Waals surface area contributed by atoms with Gasteiger partial charge in [0.1, 0.15) is 12.4 Å². The fourth-order valence-corrected chi connectivity index (χ4v) is 1.71. The van der Waals surface area contributed by atoms with Crippen LogP contribution in [-0.4, -0.2) is 24.2 Å². The van der Waals surface area contributed by atoms with Crippen molar-refractivity contribution >= 4 is 21.8 Å². The van der Waals surface area contributed by atoms with E-state index >= 15 is 0 Å². The van der Waals surface area contributed by atoms with Gasteiger partial charge in [0.25, 0.3) is 5.91 Å². The number of hydrogen-bond donors (Lipinski definition) is 1. The summed E-state index contributed by atoms with van der Waals surface area (Å²) in [5.74, 6) is 6.14. The third-order valence-electron chi connectivity index (χ3n) is 2.23. The zero-order chi connectivity index (χ0) is 14.2. The first-order valence-corrected chi connectivity index (χ1v) is 6.58. The lowest BCUT2D eigenvalue weighted by Crippen LogP contribution is -2.23. The van der Waals surface area contributed by atoms with Gasteiger partial charge in [0.2, 0.25) is 5.76 Å². The highest BCUT2D eigenvalue weighted by Crippen LogP contribution is 2.17. The summed E-state index contributed by atoms with van der Waals surface area (Å²) in [5, 5.41) is 6.03. The average molecular weight is 335 g/mol. The maximum atomic E-state index is 11.4. The summed E-state index contributed by atoms with van der Waals surface area (Å²) in [4.78, 5) is 11.4. The first kappa shape index (κ1) is 14.2. The molecule has 20 heavy (non-hydrogen) atoms. The van der Waals surface area contributed by atoms with Gasteiger partial charge in [-0.15, -0.1) is 0 Å². The molecule has 1 aromatic carbocycles. The summed E-state index contributed by atoms with van der Waals surface area (Å²) >= 11 is 3.35. The van der Waals surface area contributed by atoms with Crippen LogP contribution in [0, 0.1) is 11.8 Å². The fourth-order valence-electron chi connectivity index (χ4n) is 1.33. The Kier molecular flexibility index (Phi) is 5.21. The van der Waals surface area contributed by atoms with Gasteiger partial charge in [-0.3, -0.25) is 4.79 Å². The Balaban J connectivity index is 1.69. The van der Waals surface area contributed by atoms with E-state index in [4.69, 9.17) is 9.26 Å². The monoisotopic (exact) mass is 334 g/mol. The molecule has 1 amide bonds. The van der Waals surface area contributed by atoms with E-state index in [9.17, 15) is 4.79 Å². The van der Waals surface area contributed by atoms with Crippen LogP contribution < -0.4 is 10.1 Å². The quantitative estimate of drug-likeness (QED) is 0.871. The minimum Gasteiger partial charge on any atom is -0.481 e. The fraction of sp³-hybridized carbons (Fsp3) is 0.143. The Bertz CT molecular complexity index is 629.